The minimum absolute atomic E-state index is 0.0659. The van der Waals surface area contributed by atoms with Gasteiger partial charge in [-0.1, -0.05) is 69.3 Å². The molecule has 0 radical (unpaired) electrons. The summed E-state index contributed by atoms with van der Waals surface area (Å²) in [5.41, 5.74) is 4.37. The molecule has 0 saturated carbocycles. The van der Waals surface area contributed by atoms with Crippen molar-refractivity contribution in [2.45, 2.75) is 38.8 Å². The zero-order valence-electron chi connectivity index (χ0n) is 16.8. The Morgan fingerprint density at radius 1 is 1.00 bits per heavy atom. The predicted molar refractivity (Wildman–Crippen MR) is 110 cm³/mol. The Kier molecular flexibility index (Phi) is 6.23. The van der Waals surface area contributed by atoms with Crippen LogP contribution in [0, 0.1) is 11.8 Å². The van der Waals surface area contributed by atoms with E-state index in [2.05, 4.69) is 5.32 Å². The van der Waals surface area contributed by atoms with Crippen molar-refractivity contribution in [3.8, 4) is 11.1 Å². The number of benzene rings is 2. The van der Waals surface area contributed by atoms with Gasteiger partial charge in [0.25, 0.3) is 0 Å². The van der Waals surface area contributed by atoms with Crippen LogP contribution in [0.2, 0.25) is 0 Å². The van der Waals surface area contributed by atoms with Gasteiger partial charge in [0, 0.05) is 5.92 Å². The number of carboxylic acids is 1. The smallest absolute Gasteiger partial charge is 0.407 e. The van der Waals surface area contributed by atoms with Crippen LogP contribution in [0.15, 0.2) is 48.5 Å². The Morgan fingerprint density at radius 2 is 1.52 bits per heavy atom. The van der Waals surface area contributed by atoms with Crippen molar-refractivity contribution in [3.63, 3.8) is 0 Å². The first kappa shape index (κ1) is 20.9. The van der Waals surface area contributed by atoms with Crippen LogP contribution in [0.4, 0.5) is 4.79 Å². The molecule has 0 unspecified atom stereocenters. The average Bonchev–Trinajstić information content (AvgIpc) is 3.03. The highest BCUT2D eigenvalue weighted by Gasteiger charge is 2.34. The van der Waals surface area contributed by atoms with Crippen LogP contribution in [0.25, 0.3) is 11.1 Å². The second-order valence-electron chi connectivity index (χ2n) is 7.88. The van der Waals surface area contributed by atoms with Crippen molar-refractivity contribution in [2.75, 3.05) is 6.61 Å². The number of nitrogens with one attached hydrogen (secondary N) is 1. The monoisotopic (exact) mass is 397 g/mol. The number of fused-ring (bicyclic) bond motifs is 3. The number of carboxylic acid groups (broad SMARTS) is 1. The van der Waals surface area contributed by atoms with Crippen molar-refractivity contribution in [1.82, 2.24) is 5.32 Å². The molecule has 0 fully saturated rings. The van der Waals surface area contributed by atoms with Crippen LogP contribution >= 0.6 is 0 Å². The quantitative estimate of drug-likeness (QED) is 0.663. The number of rotatable bonds is 7. The number of carbonyl (C=O) groups excluding carboxylic acids is 1. The summed E-state index contributed by atoms with van der Waals surface area (Å²) >= 11 is 0. The second kappa shape index (κ2) is 8.66. The molecule has 3 rings (SSSR count). The van der Waals surface area contributed by atoms with Gasteiger partial charge >= 0.3 is 12.1 Å². The molecular weight excluding hydrogens is 370 g/mol. The van der Waals surface area contributed by atoms with Crippen LogP contribution in [-0.2, 0) is 9.53 Å². The Hall–Kier alpha value is -2.86. The van der Waals surface area contributed by atoms with E-state index in [1.807, 2.05) is 62.4 Å². The minimum Gasteiger partial charge on any atom is -0.480 e. The Morgan fingerprint density at radius 3 is 2.00 bits per heavy atom. The highest BCUT2D eigenvalue weighted by molar-refractivity contribution is 5.81. The number of aliphatic carboxylic acids is 1. The molecule has 29 heavy (non-hydrogen) atoms. The lowest BCUT2D eigenvalue weighted by Gasteiger charge is -2.27. The van der Waals surface area contributed by atoms with Crippen LogP contribution in [0.5, 0.6) is 0 Å². The molecule has 1 amide bonds. The topological polar surface area (TPSA) is 95.9 Å². The Balaban J connectivity index is 1.70. The largest absolute Gasteiger partial charge is 0.480 e. The van der Waals surface area contributed by atoms with Gasteiger partial charge in [0.2, 0.25) is 0 Å². The van der Waals surface area contributed by atoms with Crippen molar-refractivity contribution in [3.05, 3.63) is 59.7 Å². The fourth-order valence-electron chi connectivity index (χ4n) is 3.76. The fraction of sp³-hybridized carbons (Fsp3) is 0.391. The summed E-state index contributed by atoms with van der Waals surface area (Å²) < 4.78 is 5.39. The molecule has 0 bridgehead atoms. The van der Waals surface area contributed by atoms with E-state index in [-0.39, 0.29) is 24.4 Å². The first-order valence-electron chi connectivity index (χ1n) is 9.83. The Bertz CT molecular complexity index is 849. The highest BCUT2D eigenvalue weighted by Crippen LogP contribution is 2.44. The molecule has 1 aliphatic carbocycles. The average molecular weight is 397 g/mol. The summed E-state index contributed by atoms with van der Waals surface area (Å²) in [6, 6.07) is 14.5. The number of hydrogen-bond acceptors (Lipinski definition) is 4. The summed E-state index contributed by atoms with van der Waals surface area (Å²) in [5.74, 6) is -1.64. The summed E-state index contributed by atoms with van der Waals surface area (Å²) in [6.07, 6.45) is -2.07. The van der Waals surface area contributed by atoms with E-state index in [4.69, 9.17) is 4.74 Å². The third-order valence-corrected chi connectivity index (χ3v) is 5.81. The number of amides is 1. The summed E-state index contributed by atoms with van der Waals surface area (Å²) in [6.45, 7) is 5.62. The maximum atomic E-state index is 12.3. The first-order chi connectivity index (χ1) is 13.8. The molecule has 0 aromatic heterocycles. The van der Waals surface area contributed by atoms with Gasteiger partial charge < -0.3 is 20.3 Å². The summed E-state index contributed by atoms with van der Waals surface area (Å²) in [7, 11) is 0. The number of aliphatic hydroxyl groups is 1. The van der Waals surface area contributed by atoms with Crippen LogP contribution in [0.3, 0.4) is 0 Å². The van der Waals surface area contributed by atoms with E-state index in [1.54, 1.807) is 6.92 Å². The van der Waals surface area contributed by atoms with Crippen molar-refractivity contribution >= 4 is 12.1 Å². The van der Waals surface area contributed by atoms with Crippen molar-refractivity contribution in [2.24, 2.45) is 11.8 Å². The summed E-state index contributed by atoms with van der Waals surface area (Å²) in [5, 5.41) is 22.1. The van der Waals surface area contributed by atoms with Gasteiger partial charge in [-0.05, 0) is 34.1 Å². The van der Waals surface area contributed by atoms with Gasteiger partial charge in [0.05, 0.1) is 6.10 Å². The zero-order chi connectivity index (χ0) is 21.1. The maximum Gasteiger partial charge on any atom is 0.407 e. The van der Waals surface area contributed by atoms with E-state index in [0.29, 0.717) is 0 Å². The molecule has 3 atom stereocenters. The van der Waals surface area contributed by atoms with Gasteiger partial charge in [-0.3, -0.25) is 0 Å². The van der Waals surface area contributed by atoms with Gasteiger partial charge in [-0.15, -0.1) is 0 Å². The number of alkyl carbamates (subject to hydrolysis) is 1. The molecule has 0 spiro atoms. The van der Waals surface area contributed by atoms with E-state index >= 15 is 0 Å². The van der Waals surface area contributed by atoms with Crippen LogP contribution in [-0.4, -0.2) is 41.0 Å². The van der Waals surface area contributed by atoms with Crippen molar-refractivity contribution < 1.29 is 24.5 Å². The van der Waals surface area contributed by atoms with E-state index in [0.717, 1.165) is 22.3 Å². The first-order valence-corrected chi connectivity index (χ1v) is 9.83. The molecule has 1 aliphatic rings. The number of aliphatic hydroxyl groups excluding tert-OH is 1. The van der Waals surface area contributed by atoms with Crippen LogP contribution < -0.4 is 5.32 Å². The van der Waals surface area contributed by atoms with Crippen molar-refractivity contribution in [1.29, 1.82) is 0 Å². The van der Waals surface area contributed by atoms with E-state index < -0.39 is 24.2 Å². The van der Waals surface area contributed by atoms with Crippen LogP contribution in [0.1, 0.15) is 37.8 Å². The maximum absolute atomic E-state index is 12.3. The lowest BCUT2D eigenvalue weighted by Crippen LogP contribution is -2.52. The lowest BCUT2D eigenvalue weighted by atomic mass is 9.88. The predicted octanol–water partition coefficient (Wildman–Crippen LogP) is 3.63. The molecule has 6 heteroatoms. The molecular formula is C23H27NO5. The molecule has 0 heterocycles. The molecule has 0 aliphatic heterocycles. The van der Waals surface area contributed by atoms with Gasteiger partial charge in [-0.2, -0.15) is 0 Å². The molecule has 0 saturated heterocycles. The lowest BCUT2D eigenvalue weighted by molar-refractivity contribution is -0.143. The molecule has 2 aromatic rings. The molecule has 6 nitrogen and oxygen atoms in total. The third kappa shape index (κ3) is 4.27. The third-order valence-electron chi connectivity index (χ3n) is 5.81. The molecule has 2 aromatic carbocycles. The second-order valence-corrected chi connectivity index (χ2v) is 7.88. The molecule has 154 valence electrons. The highest BCUT2D eigenvalue weighted by atomic mass is 16.5. The standard InChI is InChI=1S/C23H27NO5/c1-13(2)14(3)21(25)20(22(26)27)24-23(28)29-12-19-17-10-6-4-8-15(17)16-9-5-7-11-18(16)19/h4-11,13-14,19-21,25H,12H2,1-3H3,(H,24,28)(H,26,27)/t14-,20+,21-/m0/s1. The fourth-order valence-corrected chi connectivity index (χ4v) is 3.76. The zero-order valence-corrected chi connectivity index (χ0v) is 16.8. The van der Waals surface area contributed by atoms with Gasteiger partial charge in [0.15, 0.2) is 6.04 Å². The summed E-state index contributed by atoms with van der Waals surface area (Å²) in [4.78, 5) is 23.9. The number of ether oxygens (including phenoxy) is 1. The SMILES string of the molecule is CC(C)[C@H](C)[C@H](O)[C@@H](NC(=O)OCC1c2ccccc2-c2ccccc21)C(=O)O. The van der Waals surface area contributed by atoms with Gasteiger partial charge in [0.1, 0.15) is 6.61 Å². The number of carbonyl (C=O) groups is 2. The number of hydrogen-bond donors (Lipinski definition) is 3. The molecule has 3 N–H and O–H groups in total. The van der Waals surface area contributed by atoms with E-state index in [9.17, 15) is 19.8 Å². The minimum atomic E-state index is -1.43. The van der Waals surface area contributed by atoms with E-state index in [1.165, 1.54) is 0 Å². The Labute approximate surface area is 170 Å². The normalized spacial score (nSPS) is 15.9. The van der Waals surface area contributed by atoms with Gasteiger partial charge in [-0.25, -0.2) is 9.59 Å².